The first-order valence-corrected chi connectivity index (χ1v) is 6.39. The number of nitrogen functional groups attached to an aromatic ring is 1. The highest BCUT2D eigenvalue weighted by atomic mass is 32.1. The number of nitrogens with zero attached hydrogens (tertiary/aromatic N) is 1. The molecule has 1 aromatic heterocycles. The van der Waals surface area contributed by atoms with Gasteiger partial charge in [0.1, 0.15) is 6.61 Å². The third-order valence-electron chi connectivity index (χ3n) is 2.53. The Morgan fingerprint density at radius 2 is 2.22 bits per heavy atom. The molecule has 0 unspecified atom stereocenters. The lowest BCUT2D eigenvalue weighted by Gasteiger charge is -2.08. The number of anilines is 1. The minimum atomic E-state index is -0.406. The van der Waals surface area contributed by atoms with Crippen LogP contribution in [-0.4, -0.2) is 11.0 Å². The topological polar surface area (TPSA) is 65.2 Å². The maximum absolute atomic E-state index is 11.9. The van der Waals surface area contributed by atoms with Gasteiger partial charge >= 0.3 is 5.97 Å². The van der Waals surface area contributed by atoms with E-state index in [1.165, 1.54) is 11.3 Å². The van der Waals surface area contributed by atoms with Gasteiger partial charge in [-0.1, -0.05) is 12.1 Å². The molecule has 0 saturated carbocycles. The van der Waals surface area contributed by atoms with Crippen molar-refractivity contribution in [3.8, 4) is 0 Å². The van der Waals surface area contributed by atoms with E-state index >= 15 is 0 Å². The molecule has 1 heterocycles. The molecule has 2 aromatic rings. The normalized spacial score (nSPS) is 10.3. The molecule has 0 amide bonds. The van der Waals surface area contributed by atoms with Gasteiger partial charge in [0.05, 0.1) is 16.3 Å². The van der Waals surface area contributed by atoms with E-state index in [0.717, 1.165) is 16.3 Å². The van der Waals surface area contributed by atoms with Crippen molar-refractivity contribution < 1.29 is 9.53 Å². The zero-order valence-electron chi connectivity index (χ0n) is 10.3. The van der Waals surface area contributed by atoms with E-state index in [9.17, 15) is 4.79 Å². The smallest absolute Gasteiger partial charge is 0.340 e. The quantitative estimate of drug-likeness (QED) is 0.682. The first-order chi connectivity index (χ1) is 8.58. The molecule has 94 valence electrons. The Morgan fingerprint density at radius 3 is 2.83 bits per heavy atom. The van der Waals surface area contributed by atoms with Crippen molar-refractivity contribution in [2.75, 3.05) is 5.73 Å². The van der Waals surface area contributed by atoms with Crippen LogP contribution in [0.15, 0.2) is 23.6 Å². The first kappa shape index (κ1) is 12.6. The Bertz CT molecular complexity index is 558. The number of thiazole rings is 1. The zero-order chi connectivity index (χ0) is 13.1. The standard InChI is InChI=1S/C13H14N2O2S/c1-8-4-3-5-11(14)12(8)13(16)17-6-10-7-18-9(2)15-10/h3-5,7H,6,14H2,1-2H3. The summed E-state index contributed by atoms with van der Waals surface area (Å²) in [5.41, 5.74) is 8.23. The predicted octanol–water partition coefficient (Wildman–Crippen LogP) is 2.70. The van der Waals surface area contributed by atoms with Crippen LogP contribution in [0.3, 0.4) is 0 Å². The molecule has 0 aliphatic carbocycles. The van der Waals surface area contributed by atoms with Crippen LogP contribution in [0.25, 0.3) is 0 Å². The van der Waals surface area contributed by atoms with E-state index in [1.54, 1.807) is 6.07 Å². The first-order valence-electron chi connectivity index (χ1n) is 5.51. The molecule has 2 rings (SSSR count). The van der Waals surface area contributed by atoms with Crippen molar-refractivity contribution >= 4 is 23.0 Å². The number of carbonyl (C=O) groups is 1. The van der Waals surface area contributed by atoms with E-state index in [0.29, 0.717) is 11.3 Å². The molecule has 0 atom stereocenters. The minimum Gasteiger partial charge on any atom is -0.455 e. The van der Waals surface area contributed by atoms with Crippen LogP contribution in [0.1, 0.15) is 26.6 Å². The molecule has 0 spiro atoms. The number of aryl methyl sites for hydroxylation is 2. The van der Waals surface area contributed by atoms with Crippen LogP contribution >= 0.6 is 11.3 Å². The fraction of sp³-hybridized carbons (Fsp3) is 0.231. The monoisotopic (exact) mass is 262 g/mol. The van der Waals surface area contributed by atoms with Crippen molar-refractivity contribution in [1.82, 2.24) is 4.98 Å². The van der Waals surface area contributed by atoms with Crippen molar-refractivity contribution in [2.45, 2.75) is 20.5 Å². The number of aromatic nitrogens is 1. The van der Waals surface area contributed by atoms with Crippen LogP contribution in [0.5, 0.6) is 0 Å². The van der Waals surface area contributed by atoms with Crippen molar-refractivity contribution in [3.05, 3.63) is 45.4 Å². The van der Waals surface area contributed by atoms with Gasteiger partial charge in [0.25, 0.3) is 0 Å². The largest absolute Gasteiger partial charge is 0.455 e. The molecule has 2 N–H and O–H groups in total. The number of esters is 1. The number of benzene rings is 1. The Labute approximate surface area is 109 Å². The molecule has 0 saturated heterocycles. The third-order valence-corrected chi connectivity index (χ3v) is 3.35. The molecule has 0 aliphatic heterocycles. The van der Waals surface area contributed by atoms with Gasteiger partial charge in [-0.05, 0) is 25.5 Å². The van der Waals surface area contributed by atoms with Crippen molar-refractivity contribution in [1.29, 1.82) is 0 Å². The fourth-order valence-electron chi connectivity index (χ4n) is 1.66. The Kier molecular flexibility index (Phi) is 3.62. The molecular formula is C13H14N2O2S. The third kappa shape index (κ3) is 2.68. The van der Waals surface area contributed by atoms with Crippen LogP contribution in [-0.2, 0) is 11.3 Å². The lowest BCUT2D eigenvalue weighted by Crippen LogP contribution is -2.10. The summed E-state index contributed by atoms with van der Waals surface area (Å²) in [6, 6.07) is 5.34. The van der Waals surface area contributed by atoms with Gasteiger partial charge in [-0.15, -0.1) is 11.3 Å². The number of rotatable bonds is 3. The van der Waals surface area contributed by atoms with E-state index < -0.39 is 5.97 Å². The number of carbonyl (C=O) groups excluding carboxylic acids is 1. The average Bonchev–Trinajstić information content (AvgIpc) is 2.72. The van der Waals surface area contributed by atoms with Gasteiger partial charge in [-0.3, -0.25) is 0 Å². The molecule has 18 heavy (non-hydrogen) atoms. The van der Waals surface area contributed by atoms with Crippen molar-refractivity contribution in [2.24, 2.45) is 0 Å². The number of hydrogen-bond acceptors (Lipinski definition) is 5. The van der Waals surface area contributed by atoms with Gasteiger partial charge < -0.3 is 10.5 Å². The summed E-state index contributed by atoms with van der Waals surface area (Å²) in [7, 11) is 0. The van der Waals surface area contributed by atoms with E-state index in [1.807, 2.05) is 31.4 Å². The second-order valence-corrected chi connectivity index (χ2v) is 5.04. The molecule has 4 nitrogen and oxygen atoms in total. The van der Waals surface area contributed by atoms with Crippen molar-refractivity contribution in [3.63, 3.8) is 0 Å². The minimum absolute atomic E-state index is 0.178. The average molecular weight is 262 g/mol. The Balaban J connectivity index is 2.08. The maximum Gasteiger partial charge on any atom is 0.340 e. The molecule has 0 bridgehead atoms. The van der Waals surface area contributed by atoms with Crippen LogP contribution < -0.4 is 5.73 Å². The van der Waals surface area contributed by atoms with Gasteiger partial charge in [0.2, 0.25) is 0 Å². The van der Waals surface area contributed by atoms with Crippen LogP contribution in [0, 0.1) is 13.8 Å². The summed E-state index contributed by atoms with van der Waals surface area (Å²) >= 11 is 1.53. The van der Waals surface area contributed by atoms with Crippen LogP contribution in [0.4, 0.5) is 5.69 Å². The maximum atomic E-state index is 11.9. The lowest BCUT2D eigenvalue weighted by molar-refractivity contribution is 0.0468. The lowest BCUT2D eigenvalue weighted by atomic mass is 10.1. The zero-order valence-corrected chi connectivity index (χ0v) is 11.1. The Morgan fingerprint density at radius 1 is 1.44 bits per heavy atom. The van der Waals surface area contributed by atoms with Gasteiger partial charge in [0.15, 0.2) is 0 Å². The van der Waals surface area contributed by atoms with Crippen LogP contribution in [0.2, 0.25) is 0 Å². The summed E-state index contributed by atoms with van der Waals surface area (Å²) in [6.07, 6.45) is 0. The van der Waals surface area contributed by atoms with E-state index in [2.05, 4.69) is 4.98 Å². The number of ether oxygens (including phenoxy) is 1. The molecule has 0 aliphatic rings. The molecule has 1 aromatic carbocycles. The molecule has 0 radical (unpaired) electrons. The van der Waals surface area contributed by atoms with Gasteiger partial charge in [-0.25, -0.2) is 9.78 Å². The second-order valence-electron chi connectivity index (χ2n) is 3.97. The summed E-state index contributed by atoms with van der Waals surface area (Å²) in [5.74, 6) is -0.406. The Hall–Kier alpha value is -1.88. The molecule has 0 fully saturated rings. The summed E-state index contributed by atoms with van der Waals surface area (Å²) in [6.45, 7) is 3.92. The number of hydrogen-bond donors (Lipinski definition) is 1. The van der Waals surface area contributed by atoms with Gasteiger partial charge in [0, 0.05) is 11.1 Å². The predicted molar refractivity (Wildman–Crippen MR) is 71.6 cm³/mol. The molecular weight excluding hydrogens is 248 g/mol. The second kappa shape index (κ2) is 5.18. The summed E-state index contributed by atoms with van der Waals surface area (Å²) < 4.78 is 5.21. The van der Waals surface area contributed by atoms with E-state index in [-0.39, 0.29) is 6.61 Å². The highest BCUT2D eigenvalue weighted by Gasteiger charge is 2.14. The highest BCUT2D eigenvalue weighted by molar-refractivity contribution is 7.09. The summed E-state index contributed by atoms with van der Waals surface area (Å²) in [5, 5.41) is 2.83. The number of nitrogens with two attached hydrogens (primary N) is 1. The fourth-order valence-corrected chi connectivity index (χ4v) is 2.25. The van der Waals surface area contributed by atoms with E-state index in [4.69, 9.17) is 10.5 Å². The summed E-state index contributed by atoms with van der Waals surface area (Å²) in [4.78, 5) is 16.2. The highest BCUT2D eigenvalue weighted by Crippen LogP contribution is 2.18. The molecule has 5 heteroatoms. The van der Waals surface area contributed by atoms with Gasteiger partial charge in [-0.2, -0.15) is 0 Å². The SMILES string of the molecule is Cc1nc(COC(=O)c2c(C)cccc2N)cs1.